The standard InChI is InChI=1S/C27H27Cl2N3O3/c1-3-23(22-16-30-11-12-31-22)32-25(17-7-9-19(28)10-8-17)21(18-5-4-6-20(29)13-18)14-27(2,26(32)35)15-24(33)34/h4-13,16,21,23,25H,3,14-15H2,1-2H3,(H,33,34)/t21-,23-,25-,27-/m1/s1. The van der Waals surface area contributed by atoms with Crippen LogP contribution in [0.2, 0.25) is 10.0 Å². The third kappa shape index (κ3) is 5.19. The predicted molar refractivity (Wildman–Crippen MR) is 135 cm³/mol. The Morgan fingerprint density at radius 1 is 1.14 bits per heavy atom. The topological polar surface area (TPSA) is 83.4 Å². The molecule has 0 saturated carbocycles. The van der Waals surface area contributed by atoms with Crippen molar-refractivity contribution in [3.63, 3.8) is 0 Å². The molecule has 4 atom stereocenters. The molecule has 1 fully saturated rings. The van der Waals surface area contributed by atoms with E-state index >= 15 is 0 Å². The lowest BCUT2D eigenvalue weighted by atomic mass is 9.67. The van der Waals surface area contributed by atoms with Crippen LogP contribution in [0.5, 0.6) is 0 Å². The summed E-state index contributed by atoms with van der Waals surface area (Å²) in [5.41, 5.74) is 1.40. The minimum absolute atomic E-state index is 0.206. The number of likely N-dealkylation sites (tertiary alicyclic amines) is 1. The quantitative estimate of drug-likeness (QED) is 0.392. The smallest absolute Gasteiger partial charge is 0.304 e. The van der Waals surface area contributed by atoms with Gasteiger partial charge in [0.2, 0.25) is 5.91 Å². The van der Waals surface area contributed by atoms with E-state index in [0.717, 1.165) is 11.1 Å². The molecule has 182 valence electrons. The van der Waals surface area contributed by atoms with E-state index in [-0.39, 0.29) is 24.3 Å². The Kier molecular flexibility index (Phi) is 7.43. The van der Waals surface area contributed by atoms with Crippen molar-refractivity contribution < 1.29 is 14.7 Å². The summed E-state index contributed by atoms with van der Waals surface area (Å²) >= 11 is 12.6. The van der Waals surface area contributed by atoms with Crippen molar-refractivity contribution in [2.45, 2.75) is 51.1 Å². The number of aliphatic carboxylic acids is 1. The largest absolute Gasteiger partial charge is 0.481 e. The lowest BCUT2D eigenvalue weighted by Crippen LogP contribution is -2.53. The van der Waals surface area contributed by atoms with E-state index in [2.05, 4.69) is 9.97 Å². The van der Waals surface area contributed by atoms with Gasteiger partial charge in [0.25, 0.3) is 0 Å². The Bertz CT molecular complexity index is 1210. The van der Waals surface area contributed by atoms with E-state index in [9.17, 15) is 14.7 Å². The fraction of sp³-hybridized carbons (Fsp3) is 0.333. The number of hydrogen-bond donors (Lipinski definition) is 1. The first-order chi connectivity index (χ1) is 16.7. The van der Waals surface area contributed by atoms with E-state index < -0.39 is 17.4 Å². The number of carbonyl (C=O) groups excluding carboxylic acids is 1. The van der Waals surface area contributed by atoms with Crippen molar-refractivity contribution in [3.8, 4) is 0 Å². The number of rotatable bonds is 7. The summed E-state index contributed by atoms with van der Waals surface area (Å²) in [5.74, 6) is -1.43. The van der Waals surface area contributed by atoms with Crippen LogP contribution in [0.1, 0.15) is 67.9 Å². The summed E-state index contributed by atoms with van der Waals surface area (Å²) in [5, 5.41) is 10.9. The molecule has 1 aliphatic heterocycles. The number of aromatic nitrogens is 2. The number of carboxylic acids is 1. The van der Waals surface area contributed by atoms with Gasteiger partial charge in [-0.3, -0.25) is 19.6 Å². The van der Waals surface area contributed by atoms with Crippen LogP contribution in [0.15, 0.2) is 67.1 Å². The molecule has 0 bridgehead atoms. The maximum Gasteiger partial charge on any atom is 0.304 e. The molecular weight excluding hydrogens is 485 g/mol. The number of piperidine rings is 1. The average molecular weight is 512 g/mol. The second-order valence-corrected chi connectivity index (χ2v) is 10.1. The predicted octanol–water partition coefficient (Wildman–Crippen LogP) is 6.47. The highest BCUT2D eigenvalue weighted by Crippen LogP contribution is 2.54. The maximum atomic E-state index is 14.2. The van der Waals surface area contributed by atoms with Crippen LogP contribution in [0.4, 0.5) is 0 Å². The number of halogens is 2. The molecule has 1 aliphatic rings. The van der Waals surface area contributed by atoms with Crippen molar-refractivity contribution in [2.24, 2.45) is 5.41 Å². The van der Waals surface area contributed by atoms with Gasteiger partial charge in [-0.1, -0.05) is 61.3 Å². The van der Waals surface area contributed by atoms with Gasteiger partial charge in [0.1, 0.15) is 0 Å². The molecule has 4 rings (SSSR count). The molecule has 3 aromatic rings. The number of carbonyl (C=O) groups is 2. The highest BCUT2D eigenvalue weighted by atomic mass is 35.5. The average Bonchev–Trinajstić information content (AvgIpc) is 2.83. The molecule has 2 aromatic carbocycles. The summed E-state index contributed by atoms with van der Waals surface area (Å²) in [6, 6.07) is 14.3. The van der Waals surface area contributed by atoms with Crippen molar-refractivity contribution in [2.75, 3.05) is 0 Å². The number of amides is 1. The van der Waals surface area contributed by atoms with Crippen LogP contribution in [-0.2, 0) is 9.59 Å². The highest BCUT2D eigenvalue weighted by Gasteiger charge is 2.52. The zero-order chi connectivity index (χ0) is 25.2. The fourth-order valence-electron chi connectivity index (χ4n) is 5.25. The zero-order valence-corrected chi connectivity index (χ0v) is 21.1. The molecule has 35 heavy (non-hydrogen) atoms. The summed E-state index contributed by atoms with van der Waals surface area (Å²) in [6.45, 7) is 3.73. The minimum atomic E-state index is -1.11. The second-order valence-electron chi connectivity index (χ2n) is 9.26. The monoisotopic (exact) mass is 511 g/mol. The minimum Gasteiger partial charge on any atom is -0.481 e. The molecule has 0 aliphatic carbocycles. The van der Waals surface area contributed by atoms with E-state index in [1.165, 1.54) is 0 Å². The summed E-state index contributed by atoms with van der Waals surface area (Å²) in [4.78, 5) is 36.7. The van der Waals surface area contributed by atoms with Crippen molar-refractivity contribution in [1.29, 1.82) is 0 Å². The Balaban J connectivity index is 1.95. The van der Waals surface area contributed by atoms with Gasteiger partial charge in [-0.25, -0.2) is 0 Å². The van der Waals surface area contributed by atoms with Crippen molar-refractivity contribution >= 4 is 35.1 Å². The van der Waals surface area contributed by atoms with E-state index in [4.69, 9.17) is 23.2 Å². The fourth-order valence-corrected chi connectivity index (χ4v) is 5.58. The zero-order valence-electron chi connectivity index (χ0n) is 19.6. The van der Waals surface area contributed by atoms with E-state index in [1.807, 2.05) is 54.3 Å². The Hall–Kier alpha value is -2.96. The molecule has 0 unspecified atom stereocenters. The first kappa shape index (κ1) is 25.1. The molecule has 1 amide bonds. The van der Waals surface area contributed by atoms with E-state index in [0.29, 0.717) is 28.6 Å². The molecular formula is C27H27Cl2N3O3. The van der Waals surface area contributed by atoms with Crippen LogP contribution in [0, 0.1) is 5.41 Å². The van der Waals surface area contributed by atoms with Gasteiger partial charge in [0.05, 0.1) is 35.8 Å². The van der Waals surface area contributed by atoms with Crippen LogP contribution in [0.3, 0.4) is 0 Å². The molecule has 1 aromatic heterocycles. The molecule has 0 radical (unpaired) electrons. The SMILES string of the molecule is CC[C@H](c1cnccn1)N1C(=O)[C@@](C)(CC(=O)O)C[C@H](c2cccc(Cl)c2)[C@H]1c1ccc(Cl)cc1. The first-order valence-corrected chi connectivity index (χ1v) is 12.3. The second kappa shape index (κ2) is 10.3. The third-order valence-electron chi connectivity index (χ3n) is 6.78. The lowest BCUT2D eigenvalue weighted by Gasteiger charge is -2.51. The third-order valence-corrected chi connectivity index (χ3v) is 7.27. The number of carboxylic acid groups (broad SMARTS) is 1. The molecule has 0 spiro atoms. The van der Waals surface area contributed by atoms with Crippen molar-refractivity contribution in [3.05, 3.63) is 94.0 Å². The van der Waals surface area contributed by atoms with Crippen molar-refractivity contribution in [1.82, 2.24) is 14.9 Å². The summed E-state index contributed by atoms with van der Waals surface area (Å²) < 4.78 is 0. The van der Waals surface area contributed by atoms with E-state index in [1.54, 1.807) is 31.6 Å². The summed E-state index contributed by atoms with van der Waals surface area (Å²) in [6.07, 6.45) is 5.53. The van der Waals surface area contributed by atoms with Gasteiger partial charge >= 0.3 is 5.97 Å². The Labute approximate surface area is 214 Å². The number of hydrogen-bond acceptors (Lipinski definition) is 4. The summed E-state index contributed by atoms with van der Waals surface area (Å²) in [7, 11) is 0. The van der Waals surface area contributed by atoms with Gasteiger partial charge in [0.15, 0.2) is 0 Å². The molecule has 2 heterocycles. The van der Waals surface area contributed by atoms with Crippen LogP contribution in [-0.4, -0.2) is 31.9 Å². The lowest BCUT2D eigenvalue weighted by molar-refractivity contribution is -0.161. The van der Waals surface area contributed by atoms with Gasteiger partial charge in [-0.15, -0.1) is 0 Å². The molecule has 1 saturated heterocycles. The molecule has 6 nitrogen and oxygen atoms in total. The number of benzene rings is 2. The van der Waals surface area contributed by atoms with Crippen LogP contribution >= 0.6 is 23.2 Å². The van der Waals surface area contributed by atoms with Gasteiger partial charge in [-0.05, 0) is 48.2 Å². The Morgan fingerprint density at radius 3 is 2.49 bits per heavy atom. The molecule has 1 N–H and O–H groups in total. The maximum absolute atomic E-state index is 14.2. The Morgan fingerprint density at radius 2 is 1.89 bits per heavy atom. The number of nitrogens with zero attached hydrogens (tertiary/aromatic N) is 3. The van der Waals surface area contributed by atoms with Gasteiger partial charge in [-0.2, -0.15) is 0 Å². The van der Waals surface area contributed by atoms with Gasteiger partial charge in [0, 0.05) is 28.4 Å². The molecule has 8 heteroatoms. The first-order valence-electron chi connectivity index (χ1n) is 11.5. The van der Waals surface area contributed by atoms with Crippen LogP contribution < -0.4 is 0 Å². The van der Waals surface area contributed by atoms with Crippen LogP contribution in [0.25, 0.3) is 0 Å². The normalized spacial score (nSPS) is 23.2. The van der Waals surface area contributed by atoms with Gasteiger partial charge < -0.3 is 10.0 Å². The highest BCUT2D eigenvalue weighted by molar-refractivity contribution is 6.30.